The van der Waals surface area contributed by atoms with Crippen LogP contribution in [0.5, 0.6) is 0 Å². The van der Waals surface area contributed by atoms with E-state index in [1.54, 1.807) is 0 Å². The van der Waals surface area contributed by atoms with Crippen LogP contribution >= 0.6 is 0 Å². The van der Waals surface area contributed by atoms with Crippen molar-refractivity contribution in [1.82, 2.24) is 5.43 Å². The number of hydrogen-bond acceptors (Lipinski definition) is 2. The second-order valence-electron chi connectivity index (χ2n) is 1.68. The molecule has 0 fully saturated rings. The van der Waals surface area contributed by atoms with Crippen LogP contribution in [0.4, 0.5) is 0 Å². The molecule has 0 heterocycles. The van der Waals surface area contributed by atoms with E-state index in [-0.39, 0.29) is 0 Å². The Bertz CT molecular complexity index is 76.6. The minimum absolute atomic E-state index is 0.812. The van der Waals surface area contributed by atoms with E-state index in [4.69, 9.17) is 5.84 Å². The third kappa shape index (κ3) is 2.77. The van der Waals surface area contributed by atoms with Gasteiger partial charge in [-0.05, 0) is 13.3 Å². The fraction of sp³-hybridized carbons (Fsp3) is 0.667. The summed E-state index contributed by atoms with van der Waals surface area (Å²) in [5, 5.41) is 0. The highest BCUT2D eigenvalue weighted by Gasteiger charge is 1.86. The smallest absolute Gasteiger partial charge is 0.0307 e. The molecule has 0 rings (SSSR count). The molecule has 0 aliphatic rings. The normalized spacial score (nSPS) is 12.1. The maximum atomic E-state index is 5.09. The monoisotopic (exact) mass is 114 g/mol. The van der Waals surface area contributed by atoms with Gasteiger partial charge in [-0.15, -0.1) is 0 Å². The number of hydrazine groups is 1. The van der Waals surface area contributed by atoms with Gasteiger partial charge in [0, 0.05) is 6.54 Å². The van der Waals surface area contributed by atoms with E-state index in [9.17, 15) is 0 Å². The quantitative estimate of drug-likeness (QED) is 0.323. The Kier molecular flexibility index (Phi) is 4.61. The van der Waals surface area contributed by atoms with Crippen LogP contribution in [-0.4, -0.2) is 6.54 Å². The Hall–Kier alpha value is -0.340. The molecule has 3 N–H and O–H groups in total. The summed E-state index contributed by atoms with van der Waals surface area (Å²) in [6.45, 7) is 4.95. The van der Waals surface area contributed by atoms with E-state index in [1.165, 1.54) is 5.57 Å². The van der Waals surface area contributed by atoms with Gasteiger partial charge in [-0.1, -0.05) is 18.6 Å². The van der Waals surface area contributed by atoms with Crippen molar-refractivity contribution in [3.8, 4) is 0 Å². The number of hydrogen-bond donors (Lipinski definition) is 2. The van der Waals surface area contributed by atoms with Gasteiger partial charge in [0.2, 0.25) is 0 Å². The number of allylic oxidation sites excluding steroid dienone is 1. The molecule has 2 heteroatoms. The van der Waals surface area contributed by atoms with Crippen LogP contribution in [0.3, 0.4) is 0 Å². The first kappa shape index (κ1) is 7.66. The first-order valence-electron chi connectivity index (χ1n) is 2.92. The molecule has 0 aliphatic carbocycles. The topological polar surface area (TPSA) is 38.0 Å². The summed E-state index contributed by atoms with van der Waals surface area (Å²) < 4.78 is 0. The van der Waals surface area contributed by atoms with Gasteiger partial charge in [0.25, 0.3) is 0 Å². The molecule has 2 nitrogen and oxygen atoms in total. The lowest BCUT2D eigenvalue weighted by Crippen LogP contribution is -2.24. The molecule has 8 heavy (non-hydrogen) atoms. The molecule has 0 radical (unpaired) electrons. The summed E-state index contributed by atoms with van der Waals surface area (Å²) in [6, 6.07) is 0. The summed E-state index contributed by atoms with van der Waals surface area (Å²) in [6.07, 6.45) is 3.17. The molecular weight excluding hydrogens is 100 g/mol. The fourth-order valence-corrected chi connectivity index (χ4v) is 0.562. The molecular formula is C6H14N2. The molecule has 0 aromatic heterocycles. The second kappa shape index (κ2) is 4.81. The molecule has 0 amide bonds. The predicted octanol–water partition coefficient (Wildman–Crippen LogP) is 0.806. The minimum Gasteiger partial charge on any atom is -0.271 e. The zero-order valence-corrected chi connectivity index (χ0v) is 5.57. The number of rotatable bonds is 3. The third-order valence-electron chi connectivity index (χ3n) is 1.19. The largest absolute Gasteiger partial charge is 0.271 e. The van der Waals surface area contributed by atoms with Gasteiger partial charge in [0.05, 0.1) is 0 Å². The molecule has 0 saturated heterocycles. The zero-order valence-electron chi connectivity index (χ0n) is 5.57. The average Bonchev–Trinajstić information content (AvgIpc) is 1.83. The van der Waals surface area contributed by atoms with E-state index in [0.717, 1.165) is 13.0 Å². The van der Waals surface area contributed by atoms with Crippen LogP contribution in [0, 0.1) is 0 Å². The van der Waals surface area contributed by atoms with Crippen LogP contribution in [0.2, 0.25) is 0 Å². The molecule has 0 aliphatic heterocycles. The van der Waals surface area contributed by atoms with Crippen molar-refractivity contribution in [3.63, 3.8) is 0 Å². The summed E-state index contributed by atoms with van der Waals surface area (Å²) in [5.74, 6) is 5.09. The molecule has 0 bridgehead atoms. The predicted molar refractivity (Wildman–Crippen MR) is 36.2 cm³/mol. The van der Waals surface area contributed by atoms with Crippen LogP contribution in [0.25, 0.3) is 0 Å². The van der Waals surface area contributed by atoms with Gasteiger partial charge >= 0.3 is 0 Å². The highest BCUT2D eigenvalue weighted by atomic mass is 15.2. The molecule has 0 aromatic carbocycles. The highest BCUT2D eigenvalue weighted by molar-refractivity contribution is 5.00. The highest BCUT2D eigenvalue weighted by Crippen LogP contribution is 1.95. The third-order valence-corrected chi connectivity index (χ3v) is 1.19. The zero-order chi connectivity index (χ0) is 6.41. The van der Waals surface area contributed by atoms with Gasteiger partial charge in [-0.3, -0.25) is 11.3 Å². The number of nitrogens with one attached hydrogen (secondary N) is 1. The molecule has 0 saturated carbocycles. The van der Waals surface area contributed by atoms with E-state index in [2.05, 4.69) is 18.4 Å². The summed E-state index contributed by atoms with van der Waals surface area (Å²) in [4.78, 5) is 0. The maximum Gasteiger partial charge on any atom is 0.0307 e. The lowest BCUT2D eigenvalue weighted by molar-refractivity contribution is 0.773. The van der Waals surface area contributed by atoms with E-state index < -0.39 is 0 Å². The molecule has 48 valence electrons. The standard InChI is InChI=1S/C6H14N2/c1-3-6(4-2)5-8-7/h3,8H,4-5,7H2,1-2H3/b6-3-. The SMILES string of the molecule is C/C=C(/CC)CNN. The Labute approximate surface area is 50.7 Å². The van der Waals surface area contributed by atoms with Crippen molar-refractivity contribution in [2.24, 2.45) is 5.84 Å². The summed E-state index contributed by atoms with van der Waals surface area (Å²) in [7, 11) is 0. The second-order valence-corrected chi connectivity index (χ2v) is 1.68. The maximum absolute atomic E-state index is 5.09. The van der Waals surface area contributed by atoms with E-state index >= 15 is 0 Å². The molecule has 0 spiro atoms. The van der Waals surface area contributed by atoms with Crippen LogP contribution in [-0.2, 0) is 0 Å². The van der Waals surface area contributed by atoms with Crippen molar-refractivity contribution >= 4 is 0 Å². The molecule has 0 atom stereocenters. The van der Waals surface area contributed by atoms with E-state index in [0.29, 0.717) is 0 Å². The van der Waals surface area contributed by atoms with Crippen molar-refractivity contribution in [2.45, 2.75) is 20.3 Å². The van der Waals surface area contributed by atoms with Crippen molar-refractivity contribution in [3.05, 3.63) is 11.6 Å². The van der Waals surface area contributed by atoms with Crippen LogP contribution in [0.1, 0.15) is 20.3 Å². The van der Waals surface area contributed by atoms with Crippen molar-refractivity contribution in [1.29, 1.82) is 0 Å². The summed E-state index contributed by atoms with van der Waals surface area (Å²) >= 11 is 0. The Balaban J connectivity index is 3.38. The molecule has 0 unspecified atom stereocenters. The van der Waals surface area contributed by atoms with Gasteiger partial charge in [-0.2, -0.15) is 0 Å². The van der Waals surface area contributed by atoms with Crippen LogP contribution < -0.4 is 11.3 Å². The minimum atomic E-state index is 0.812. The Morgan fingerprint density at radius 3 is 2.50 bits per heavy atom. The lowest BCUT2D eigenvalue weighted by atomic mass is 10.2. The average molecular weight is 114 g/mol. The number of nitrogens with two attached hydrogens (primary N) is 1. The summed E-state index contributed by atoms with van der Waals surface area (Å²) in [5.41, 5.74) is 3.96. The Morgan fingerprint density at radius 2 is 2.38 bits per heavy atom. The van der Waals surface area contributed by atoms with Crippen molar-refractivity contribution < 1.29 is 0 Å². The van der Waals surface area contributed by atoms with E-state index in [1.807, 2.05) is 6.92 Å². The van der Waals surface area contributed by atoms with Gasteiger partial charge in [-0.25, -0.2) is 0 Å². The first-order chi connectivity index (χ1) is 3.85. The van der Waals surface area contributed by atoms with Gasteiger partial charge in [0.15, 0.2) is 0 Å². The fourth-order valence-electron chi connectivity index (χ4n) is 0.562. The van der Waals surface area contributed by atoms with Crippen LogP contribution in [0.15, 0.2) is 11.6 Å². The van der Waals surface area contributed by atoms with Gasteiger partial charge < -0.3 is 0 Å². The first-order valence-corrected chi connectivity index (χ1v) is 2.92. The van der Waals surface area contributed by atoms with Gasteiger partial charge in [0.1, 0.15) is 0 Å². The lowest BCUT2D eigenvalue weighted by Gasteiger charge is -1.99. The Morgan fingerprint density at radius 1 is 1.75 bits per heavy atom. The van der Waals surface area contributed by atoms with Crippen molar-refractivity contribution in [2.75, 3.05) is 6.54 Å². The molecule has 0 aromatic rings.